The van der Waals surface area contributed by atoms with Crippen LogP contribution in [0.1, 0.15) is 27.2 Å². The van der Waals surface area contributed by atoms with Gasteiger partial charge in [-0.2, -0.15) is 0 Å². The average Bonchev–Trinajstić information content (AvgIpc) is 3.36. The molecule has 3 heterocycles. The van der Waals surface area contributed by atoms with Gasteiger partial charge in [0, 0.05) is 23.7 Å². The molecule has 1 aliphatic rings. The first kappa shape index (κ1) is 16.5. The lowest BCUT2D eigenvalue weighted by molar-refractivity contribution is 0.105. The number of hydrogen-bond donors (Lipinski definition) is 0. The minimum Gasteiger partial charge on any atom is -0.373 e. The Kier molecular flexibility index (Phi) is 3.86. The van der Waals surface area contributed by atoms with E-state index in [2.05, 4.69) is 4.98 Å². The molecule has 0 unspecified atom stereocenters. The number of aromatic nitrogens is 2. The molecule has 4 nitrogen and oxygen atoms in total. The van der Waals surface area contributed by atoms with E-state index in [1.165, 1.54) is 6.07 Å². The topological polar surface area (TPSA) is 46.9 Å². The van der Waals surface area contributed by atoms with Crippen molar-refractivity contribution in [3.05, 3.63) is 58.7 Å². The van der Waals surface area contributed by atoms with Crippen molar-refractivity contribution in [2.24, 2.45) is 0 Å². The van der Waals surface area contributed by atoms with Gasteiger partial charge in [0.25, 0.3) is 0 Å². The summed E-state index contributed by atoms with van der Waals surface area (Å²) in [5.74, 6) is 0.996. The lowest BCUT2D eigenvalue weighted by atomic mass is 9.98. The summed E-state index contributed by atoms with van der Waals surface area (Å²) in [4.78, 5) is 16.4. The zero-order valence-electron chi connectivity index (χ0n) is 14.5. The molecule has 2 aromatic heterocycles. The molecule has 1 saturated heterocycles. The summed E-state index contributed by atoms with van der Waals surface area (Å²) >= 11 is 0. The van der Waals surface area contributed by atoms with E-state index in [9.17, 15) is 9.18 Å². The van der Waals surface area contributed by atoms with Gasteiger partial charge in [0.15, 0.2) is 0 Å². The van der Waals surface area contributed by atoms with Crippen LogP contribution in [-0.2, 0) is 11.2 Å². The summed E-state index contributed by atoms with van der Waals surface area (Å²) in [6, 6.07) is 6.77. The van der Waals surface area contributed by atoms with Crippen molar-refractivity contribution in [2.45, 2.75) is 26.4 Å². The highest BCUT2D eigenvalue weighted by atomic mass is 19.1. The van der Waals surface area contributed by atoms with Gasteiger partial charge in [-0.05, 0) is 55.2 Å². The maximum absolute atomic E-state index is 14.9. The van der Waals surface area contributed by atoms with Crippen molar-refractivity contribution >= 4 is 11.4 Å². The van der Waals surface area contributed by atoms with E-state index in [0.717, 1.165) is 16.9 Å². The van der Waals surface area contributed by atoms with Gasteiger partial charge >= 0.3 is 0 Å². The minimum absolute atomic E-state index is 0.139. The number of terminal acetylenes is 1. The lowest BCUT2D eigenvalue weighted by Gasteiger charge is -2.09. The number of nitrogens with zero attached hydrogens (tertiary/aromatic N) is 2. The number of carbonyl (C=O) groups excluding carboxylic acids is 1. The maximum atomic E-state index is 14.9. The Balaban J connectivity index is 1.93. The zero-order chi connectivity index (χ0) is 18.4. The second-order valence-corrected chi connectivity index (χ2v) is 6.62. The van der Waals surface area contributed by atoms with Gasteiger partial charge < -0.3 is 9.14 Å². The summed E-state index contributed by atoms with van der Waals surface area (Å²) in [6.07, 6.45) is 7.90. The Morgan fingerprint density at radius 1 is 1.42 bits per heavy atom. The van der Waals surface area contributed by atoms with Gasteiger partial charge in [-0.3, -0.25) is 4.79 Å². The number of imidazole rings is 1. The van der Waals surface area contributed by atoms with Crippen molar-refractivity contribution in [1.29, 1.82) is 0 Å². The molecule has 0 radical (unpaired) electrons. The van der Waals surface area contributed by atoms with Gasteiger partial charge in [-0.1, -0.05) is 0 Å². The molecule has 5 heteroatoms. The molecule has 0 spiro atoms. The molecule has 1 aliphatic heterocycles. The zero-order valence-corrected chi connectivity index (χ0v) is 14.5. The van der Waals surface area contributed by atoms with Gasteiger partial charge in [0.2, 0.25) is 5.78 Å². The molecule has 1 fully saturated rings. The van der Waals surface area contributed by atoms with Crippen LogP contribution in [0.3, 0.4) is 0 Å². The van der Waals surface area contributed by atoms with Crippen molar-refractivity contribution < 1.29 is 13.9 Å². The van der Waals surface area contributed by atoms with Gasteiger partial charge in [-0.25, -0.2) is 9.37 Å². The average molecular weight is 348 g/mol. The molecule has 0 saturated carbocycles. The Bertz CT molecular complexity index is 1060. The third-order valence-electron chi connectivity index (χ3n) is 4.62. The molecule has 0 N–H and O–H groups in total. The fraction of sp³-hybridized carbons (Fsp3) is 0.238. The number of pyridine rings is 1. The molecule has 1 aromatic carbocycles. The number of hydrogen-bond acceptors (Lipinski definition) is 3. The second-order valence-electron chi connectivity index (χ2n) is 6.62. The first-order chi connectivity index (χ1) is 12.5. The van der Waals surface area contributed by atoms with Gasteiger partial charge in [-0.15, -0.1) is 6.42 Å². The third kappa shape index (κ3) is 2.79. The first-order valence-electron chi connectivity index (χ1n) is 8.38. The highest BCUT2D eigenvalue weighted by Gasteiger charge is 2.28. The second kappa shape index (κ2) is 6.08. The summed E-state index contributed by atoms with van der Waals surface area (Å²) in [5, 5.41) is 0. The molecule has 26 heavy (non-hydrogen) atoms. The first-order valence-corrected chi connectivity index (χ1v) is 8.38. The van der Waals surface area contributed by atoms with E-state index >= 15 is 0 Å². The normalized spacial score (nSPS) is 15.8. The molecule has 130 valence electrons. The number of carbonyl (C=O) groups is 1. The molecule has 0 aliphatic carbocycles. The van der Waals surface area contributed by atoms with Crippen molar-refractivity contribution in [1.82, 2.24) is 9.38 Å². The Morgan fingerprint density at radius 2 is 2.19 bits per heavy atom. The fourth-order valence-corrected chi connectivity index (χ4v) is 3.25. The molecular weight excluding hydrogens is 331 g/mol. The monoisotopic (exact) mass is 348 g/mol. The van der Waals surface area contributed by atoms with Crippen LogP contribution in [0.15, 0.2) is 30.5 Å². The Morgan fingerprint density at radius 3 is 2.85 bits per heavy atom. The SMILES string of the molecule is C#CC(=O)c1cc(C)c(-c2nc3cc(C)ccn3c2C[C@H]2CO2)c(F)c1. The number of aryl methyl sites for hydroxylation is 2. The van der Waals surface area contributed by atoms with Crippen LogP contribution in [0.5, 0.6) is 0 Å². The molecule has 4 rings (SSSR count). The summed E-state index contributed by atoms with van der Waals surface area (Å²) in [5.41, 5.74) is 4.53. The predicted molar refractivity (Wildman–Crippen MR) is 96.7 cm³/mol. The van der Waals surface area contributed by atoms with Gasteiger partial charge in [0.05, 0.1) is 24.1 Å². The quantitative estimate of drug-likeness (QED) is 0.314. The number of epoxide rings is 1. The van der Waals surface area contributed by atoms with Crippen LogP contribution >= 0.6 is 0 Å². The molecule has 1 atom stereocenters. The van der Waals surface area contributed by atoms with E-state index in [0.29, 0.717) is 29.8 Å². The Hall–Kier alpha value is -2.97. The molecule has 3 aromatic rings. The highest BCUT2D eigenvalue weighted by molar-refractivity contribution is 6.09. The van der Waals surface area contributed by atoms with E-state index < -0.39 is 11.6 Å². The number of ether oxygens (including phenoxy) is 1. The van der Waals surface area contributed by atoms with Crippen LogP contribution in [0.2, 0.25) is 0 Å². The van der Waals surface area contributed by atoms with Crippen molar-refractivity contribution in [3.8, 4) is 23.6 Å². The van der Waals surface area contributed by atoms with E-state index in [-0.39, 0.29) is 11.7 Å². The van der Waals surface area contributed by atoms with Crippen LogP contribution < -0.4 is 0 Å². The number of benzene rings is 1. The predicted octanol–water partition coefficient (Wildman–Crippen LogP) is 3.51. The summed E-state index contributed by atoms with van der Waals surface area (Å²) in [7, 11) is 0. The highest BCUT2D eigenvalue weighted by Crippen LogP contribution is 2.33. The van der Waals surface area contributed by atoms with Crippen LogP contribution in [0, 0.1) is 32.0 Å². The number of Topliss-reactive ketones (excluding diaryl/α,β-unsaturated/α-hetero) is 1. The summed E-state index contributed by atoms with van der Waals surface area (Å²) < 4.78 is 22.3. The largest absolute Gasteiger partial charge is 0.373 e. The third-order valence-corrected chi connectivity index (χ3v) is 4.62. The smallest absolute Gasteiger partial charge is 0.235 e. The minimum atomic E-state index is -0.532. The van der Waals surface area contributed by atoms with Crippen LogP contribution in [0.25, 0.3) is 16.9 Å². The number of halogens is 1. The molecular formula is C21H17FN2O2. The van der Waals surface area contributed by atoms with E-state index in [4.69, 9.17) is 11.2 Å². The fourth-order valence-electron chi connectivity index (χ4n) is 3.25. The molecule has 0 bridgehead atoms. The maximum Gasteiger partial charge on any atom is 0.235 e. The van der Waals surface area contributed by atoms with Crippen LogP contribution in [-0.4, -0.2) is 27.9 Å². The van der Waals surface area contributed by atoms with E-state index in [1.54, 1.807) is 13.0 Å². The standard InChI is InChI=1S/C21H17FN2O2/c1-4-18(25)14-8-13(3)20(16(22)9-14)21-17(10-15-11-26-15)24-6-5-12(2)7-19(24)23-21/h1,5-9,15H,10-11H2,2-3H3/t15-/m0/s1. The molecule has 0 amide bonds. The number of rotatable bonds is 4. The van der Waals surface area contributed by atoms with Crippen LogP contribution in [0.4, 0.5) is 4.39 Å². The summed E-state index contributed by atoms with van der Waals surface area (Å²) in [6.45, 7) is 4.46. The number of ketones is 1. The van der Waals surface area contributed by atoms with Crippen molar-refractivity contribution in [2.75, 3.05) is 6.61 Å². The Labute approximate surface area is 150 Å². The van der Waals surface area contributed by atoms with Crippen molar-refractivity contribution in [3.63, 3.8) is 0 Å². The number of fused-ring (bicyclic) bond motifs is 1. The van der Waals surface area contributed by atoms with E-state index in [1.807, 2.05) is 35.6 Å². The lowest BCUT2D eigenvalue weighted by Crippen LogP contribution is -2.03. The van der Waals surface area contributed by atoms with Gasteiger partial charge in [0.1, 0.15) is 11.5 Å².